The highest BCUT2D eigenvalue weighted by Crippen LogP contribution is 2.46. The highest BCUT2D eigenvalue weighted by molar-refractivity contribution is 6.06. The van der Waals surface area contributed by atoms with Gasteiger partial charge in [0.2, 0.25) is 11.8 Å². The Balaban J connectivity index is 1.72. The molecule has 0 bridgehead atoms. The standard InChI is InChI=1S/C17H15N3O3/c18-7-10-3-4-11-8-20(12-5-6-13(21)19-16(12)22)17(23)15(11)14(10)9-1-2-9/h3-4,9,12H,1-2,5-6,8H2,(H,19,21,22). The molecule has 1 aromatic rings. The molecule has 6 heteroatoms. The van der Waals surface area contributed by atoms with Crippen LogP contribution in [0.2, 0.25) is 0 Å². The predicted molar refractivity (Wildman–Crippen MR) is 79.2 cm³/mol. The fourth-order valence-corrected chi connectivity index (χ4v) is 3.57. The Morgan fingerprint density at radius 1 is 1.17 bits per heavy atom. The highest BCUT2D eigenvalue weighted by Gasteiger charge is 2.42. The van der Waals surface area contributed by atoms with Crippen molar-refractivity contribution in [1.29, 1.82) is 5.26 Å². The second-order valence-electron chi connectivity index (χ2n) is 6.35. The number of nitriles is 1. The molecule has 1 aromatic carbocycles. The van der Waals surface area contributed by atoms with Gasteiger partial charge in [0, 0.05) is 18.5 Å². The molecule has 1 N–H and O–H groups in total. The maximum atomic E-state index is 12.9. The molecule has 0 radical (unpaired) electrons. The van der Waals surface area contributed by atoms with Crippen LogP contribution in [0.15, 0.2) is 12.1 Å². The van der Waals surface area contributed by atoms with Crippen molar-refractivity contribution in [2.24, 2.45) is 0 Å². The van der Waals surface area contributed by atoms with Gasteiger partial charge in [0.15, 0.2) is 0 Å². The van der Waals surface area contributed by atoms with E-state index in [0.29, 0.717) is 24.1 Å². The first-order chi connectivity index (χ1) is 11.1. The molecule has 0 aromatic heterocycles. The minimum absolute atomic E-state index is 0.187. The number of hydrogen-bond donors (Lipinski definition) is 1. The van der Waals surface area contributed by atoms with Crippen molar-refractivity contribution in [3.63, 3.8) is 0 Å². The van der Waals surface area contributed by atoms with Gasteiger partial charge in [-0.15, -0.1) is 0 Å². The van der Waals surface area contributed by atoms with E-state index in [0.717, 1.165) is 24.0 Å². The van der Waals surface area contributed by atoms with Crippen molar-refractivity contribution in [3.05, 3.63) is 34.4 Å². The summed E-state index contributed by atoms with van der Waals surface area (Å²) in [5.74, 6) is -0.601. The Bertz CT molecular complexity index is 789. The number of imide groups is 1. The molecule has 0 spiro atoms. The lowest BCUT2D eigenvalue weighted by atomic mass is 9.94. The number of benzene rings is 1. The van der Waals surface area contributed by atoms with Crippen molar-refractivity contribution >= 4 is 17.7 Å². The molecular formula is C17H15N3O3. The lowest BCUT2D eigenvalue weighted by molar-refractivity contribution is -0.136. The number of carbonyl (C=O) groups excluding carboxylic acids is 3. The summed E-state index contributed by atoms with van der Waals surface area (Å²) in [5.41, 5.74) is 2.89. The number of hydrogen-bond acceptors (Lipinski definition) is 4. The zero-order valence-electron chi connectivity index (χ0n) is 12.5. The van der Waals surface area contributed by atoms with Gasteiger partial charge in [-0.05, 0) is 42.4 Å². The maximum Gasteiger partial charge on any atom is 0.255 e. The second-order valence-corrected chi connectivity index (χ2v) is 6.35. The van der Waals surface area contributed by atoms with Crippen LogP contribution >= 0.6 is 0 Å². The molecule has 2 fully saturated rings. The van der Waals surface area contributed by atoms with E-state index in [1.807, 2.05) is 6.07 Å². The Labute approximate surface area is 133 Å². The van der Waals surface area contributed by atoms with Gasteiger partial charge in [0.05, 0.1) is 11.6 Å². The summed E-state index contributed by atoms with van der Waals surface area (Å²) in [5, 5.41) is 11.6. The van der Waals surface area contributed by atoms with E-state index in [4.69, 9.17) is 0 Å². The Morgan fingerprint density at radius 2 is 1.96 bits per heavy atom. The van der Waals surface area contributed by atoms with Crippen LogP contribution in [0, 0.1) is 11.3 Å². The smallest absolute Gasteiger partial charge is 0.255 e. The number of fused-ring (bicyclic) bond motifs is 1. The minimum Gasteiger partial charge on any atom is -0.322 e. The van der Waals surface area contributed by atoms with Gasteiger partial charge in [-0.2, -0.15) is 5.26 Å². The van der Waals surface area contributed by atoms with E-state index in [9.17, 15) is 19.6 Å². The zero-order chi connectivity index (χ0) is 16.1. The minimum atomic E-state index is -0.606. The summed E-state index contributed by atoms with van der Waals surface area (Å²) >= 11 is 0. The Kier molecular flexibility index (Phi) is 2.98. The number of nitrogens with one attached hydrogen (secondary N) is 1. The third kappa shape index (κ3) is 2.12. The van der Waals surface area contributed by atoms with Gasteiger partial charge in [0.1, 0.15) is 6.04 Å². The van der Waals surface area contributed by atoms with Crippen molar-refractivity contribution < 1.29 is 14.4 Å². The second kappa shape index (κ2) is 4.92. The quantitative estimate of drug-likeness (QED) is 0.831. The number of nitrogens with zero attached hydrogens (tertiary/aromatic N) is 2. The van der Waals surface area contributed by atoms with Crippen LogP contribution in [0.25, 0.3) is 0 Å². The largest absolute Gasteiger partial charge is 0.322 e. The summed E-state index contributed by atoms with van der Waals surface area (Å²) < 4.78 is 0. The summed E-state index contributed by atoms with van der Waals surface area (Å²) in [7, 11) is 0. The molecule has 116 valence electrons. The topological polar surface area (TPSA) is 90.3 Å². The average molecular weight is 309 g/mol. The molecule has 1 saturated heterocycles. The first kappa shape index (κ1) is 13.9. The van der Waals surface area contributed by atoms with Crippen LogP contribution in [-0.2, 0) is 16.1 Å². The number of rotatable bonds is 2. The molecule has 3 aliphatic rings. The molecule has 1 aliphatic carbocycles. The van der Waals surface area contributed by atoms with Gasteiger partial charge < -0.3 is 4.90 Å². The van der Waals surface area contributed by atoms with Crippen LogP contribution in [0.5, 0.6) is 0 Å². The van der Waals surface area contributed by atoms with E-state index in [-0.39, 0.29) is 24.2 Å². The zero-order valence-corrected chi connectivity index (χ0v) is 12.5. The molecular weight excluding hydrogens is 294 g/mol. The van der Waals surface area contributed by atoms with Crippen molar-refractivity contribution in [1.82, 2.24) is 10.2 Å². The van der Waals surface area contributed by atoms with Gasteiger partial charge >= 0.3 is 0 Å². The molecule has 1 unspecified atom stereocenters. The van der Waals surface area contributed by atoms with E-state index < -0.39 is 11.9 Å². The van der Waals surface area contributed by atoms with Crippen molar-refractivity contribution in [3.8, 4) is 6.07 Å². The average Bonchev–Trinajstić information content (AvgIpc) is 3.31. The van der Waals surface area contributed by atoms with E-state index in [1.54, 1.807) is 11.0 Å². The molecule has 6 nitrogen and oxygen atoms in total. The number of piperidine rings is 1. The summed E-state index contributed by atoms with van der Waals surface area (Å²) in [4.78, 5) is 37.8. The molecule has 2 heterocycles. The molecule has 23 heavy (non-hydrogen) atoms. The predicted octanol–water partition coefficient (Wildman–Crippen LogP) is 1.20. The van der Waals surface area contributed by atoms with Gasteiger partial charge in [0.25, 0.3) is 5.91 Å². The first-order valence-corrected chi connectivity index (χ1v) is 7.80. The fraction of sp³-hybridized carbons (Fsp3) is 0.412. The van der Waals surface area contributed by atoms with E-state index in [2.05, 4.69) is 11.4 Å². The third-order valence-corrected chi connectivity index (χ3v) is 4.84. The van der Waals surface area contributed by atoms with Gasteiger partial charge in [-0.25, -0.2) is 0 Å². The lowest BCUT2D eigenvalue weighted by Gasteiger charge is -2.29. The van der Waals surface area contributed by atoms with Gasteiger partial charge in [-0.3, -0.25) is 19.7 Å². The van der Waals surface area contributed by atoms with E-state index in [1.165, 1.54) is 0 Å². The van der Waals surface area contributed by atoms with Crippen LogP contribution in [0.4, 0.5) is 0 Å². The molecule has 2 aliphatic heterocycles. The normalized spacial score (nSPS) is 23.5. The highest BCUT2D eigenvalue weighted by atomic mass is 16.2. The number of amides is 3. The maximum absolute atomic E-state index is 12.9. The summed E-state index contributed by atoms with van der Waals surface area (Å²) in [6.07, 6.45) is 2.59. The van der Waals surface area contributed by atoms with E-state index >= 15 is 0 Å². The monoisotopic (exact) mass is 309 g/mol. The van der Waals surface area contributed by atoms with Crippen molar-refractivity contribution in [2.75, 3.05) is 0 Å². The SMILES string of the molecule is N#Cc1ccc2c(c1C1CC1)C(=O)N(C1CCC(=O)NC1=O)C2. The third-order valence-electron chi connectivity index (χ3n) is 4.84. The molecule has 1 saturated carbocycles. The van der Waals surface area contributed by atoms with Gasteiger partial charge in [-0.1, -0.05) is 6.07 Å². The van der Waals surface area contributed by atoms with Crippen LogP contribution in [0.1, 0.15) is 58.6 Å². The van der Waals surface area contributed by atoms with Crippen LogP contribution in [-0.4, -0.2) is 28.7 Å². The fourth-order valence-electron chi connectivity index (χ4n) is 3.57. The number of carbonyl (C=O) groups is 3. The van der Waals surface area contributed by atoms with Crippen LogP contribution < -0.4 is 5.32 Å². The molecule has 4 rings (SSSR count). The Morgan fingerprint density at radius 3 is 2.61 bits per heavy atom. The molecule has 3 amide bonds. The molecule has 1 atom stereocenters. The van der Waals surface area contributed by atoms with Crippen LogP contribution in [0.3, 0.4) is 0 Å². The summed E-state index contributed by atoms with van der Waals surface area (Å²) in [6.45, 7) is 0.367. The first-order valence-electron chi connectivity index (χ1n) is 7.80. The Hall–Kier alpha value is -2.68. The summed E-state index contributed by atoms with van der Waals surface area (Å²) in [6, 6.07) is 5.16. The lowest BCUT2D eigenvalue weighted by Crippen LogP contribution is -2.52. The van der Waals surface area contributed by atoms with Crippen molar-refractivity contribution in [2.45, 2.75) is 44.2 Å².